The first-order valence-corrected chi connectivity index (χ1v) is 15.1. The average Bonchev–Trinajstić information content (AvgIpc) is 3.34. The number of rotatable bonds is 5. The number of nitrogens with zero attached hydrogens (tertiary/aromatic N) is 4. The maximum absolute atomic E-state index is 13.4. The molecule has 5 aromatic rings. The highest BCUT2D eigenvalue weighted by Crippen LogP contribution is 2.29. The molecule has 1 N–H and O–H groups in total. The molecule has 200 valence electrons. The summed E-state index contributed by atoms with van der Waals surface area (Å²) in [6, 6.07) is 18.3. The molecule has 9 nitrogen and oxygen atoms in total. The van der Waals surface area contributed by atoms with Crippen LogP contribution in [0.15, 0.2) is 70.5 Å². The van der Waals surface area contributed by atoms with E-state index in [2.05, 4.69) is 4.98 Å². The fourth-order valence-corrected chi connectivity index (χ4v) is 5.97. The Morgan fingerprint density at radius 2 is 1.39 bits per heavy atom. The first-order valence-electron chi connectivity index (χ1n) is 12.0. The summed E-state index contributed by atoms with van der Waals surface area (Å²) in [5.41, 5.74) is 5.27. The number of hydrogen-bond donors (Lipinski definition) is 1. The zero-order valence-electron chi connectivity index (χ0n) is 21.9. The van der Waals surface area contributed by atoms with Crippen LogP contribution in [0.5, 0.6) is 0 Å². The van der Waals surface area contributed by atoms with Crippen LogP contribution in [0.1, 0.15) is 24.7 Å². The summed E-state index contributed by atoms with van der Waals surface area (Å²) in [6.45, 7) is 5.63. The van der Waals surface area contributed by atoms with Crippen LogP contribution in [0.2, 0.25) is 0 Å². The third-order valence-corrected chi connectivity index (χ3v) is 8.99. The molecule has 0 bridgehead atoms. The molecule has 0 amide bonds. The fraction of sp³-hybridized carbons (Fsp3) is 0.259. The topological polar surface area (TPSA) is 124 Å². The van der Waals surface area contributed by atoms with E-state index in [-0.39, 0.29) is 15.5 Å². The predicted octanol–water partition coefficient (Wildman–Crippen LogP) is 4.86. The van der Waals surface area contributed by atoms with Gasteiger partial charge < -0.3 is 9.13 Å². The summed E-state index contributed by atoms with van der Waals surface area (Å²) in [4.78, 5) is 9.66. The van der Waals surface area contributed by atoms with Gasteiger partial charge in [0, 0.05) is 19.7 Å². The van der Waals surface area contributed by atoms with Crippen LogP contribution in [0.4, 0.5) is 0 Å². The van der Waals surface area contributed by atoms with Crippen molar-refractivity contribution in [3.8, 4) is 11.4 Å². The van der Waals surface area contributed by atoms with E-state index in [0.29, 0.717) is 11.9 Å². The lowest BCUT2D eigenvalue weighted by atomic mass is 10.1. The summed E-state index contributed by atoms with van der Waals surface area (Å²) in [5.74, 6) is 1.51. The first kappa shape index (κ1) is 27.5. The highest BCUT2D eigenvalue weighted by molar-refractivity contribution is 7.91. The van der Waals surface area contributed by atoms with Gasteiger partial charge in [0.2, 0.25) is 9.84 Å². The molecule has 0 saturated heterocycles. The molecular formula is C27H30N4O5S2. The molecule has 0 radical (unpaired) electrons. The van der Waals surface area contributed by atoms with E-state index in [0.717, 1.165) is 33.8 Å². The summed E-state index contributed by atoms with van der Waals surface area (Å²) in [5, 5.41) is 0. The van der Waals surface area contributed by atoms with Gasteiger partial charge in [-0.3, -0.25) is 4.55 Å². The quantitative estimate of drug-likeness (QED) is 0.308. The van der Waals surface area contributed by atoms with Crippen molar-refractivity contribution in [2.75, 3.05) is 5.75 Å². The van der Waals surface area contributed by atoms with Crippen molar-refractivity contribution in [2.24, 2.45) is 14.1 Å². The standard InChI is InChI=1S/C24H22N4O2S.C3H8O3S/c1-15-5-7-17(8-6-15)24-26-20-11-9-19(14-23(20)28(24)4)31(29,30)18-10-12-22-21(13-18)25-16(2)27(22)3;1-2-3-7(4,5)6/h5-14H,1-4H3;2-3H2,1H3,(H,4,5,6). The van der Waals surface area contributed by atoms with Gasteiger partial charge in [0.05, 0.1) is 37.6 Å². The van der Waals surface area contributed by atoms with Gasteiger partial charge in [0.15, 0.2) is 0 Å². The molecule has 2 aromatic heterocycles. The van der Waals surface area contributed by atoms with Crippen LogP contribution >= 0.6 is 0 Å². The van der Waals surface area contributed by atoms with Crippen LogP contribution in [0.25, 0.3) is 33.5 Å². The van der Waals surface area contributed by atoms with Crippen molar-refractivity contribution in [3.63, 3.8) is 0 Å². The van der Waals surface area contributed by atoms with Crippen molar-refractivity contribution in [1.29, 1.82) is 0 Å². The molecule has 5 rings (SSSR count). The molecule has 0 saturated carbocycles. The van der Waals surface area contributed by atoms with E-state index in [1.54, 1.807) is 43.3 Å². The van der Waals surface area contributed by atoms with E-state index in [9.17, 15) is 16.8 Å². The lowest BCUT2D eigenvalue weighted by Gasteiger charge is -2.07. The fourth-order valence-electron chi connectivity index (χ4n) is 4.16. The molecule has 38 heavy (non-hydrogen) atoms. The maximum atomic E-state index is 13.4. The number of hydrogen-bond acceptors (Lipinski definition) is 6. The van der Waals surface area contributed by atoms with E-state index in [4.69, 9.17) is 9.54 Å². The molecule has 0 aliphatic heterocycles. The Morgan fingerprint density at radius 1 is 0.763 bits per heavy atom. The Morgan fingerprint density at radius 3 is 2.00 bits per heavy atom. The minimum atomic E-state index is -3.69. The molecule has 0 spiro atoms. The first-order chi connectivity index (χ1) is 17.8. The van der Waals surface area contributed by atoms with E-state index < -0.39 is 20.0 Å². The van der Waals surface area contributed by atoms with Crippen LogP contribution in [0, 0.1) is 13.8 Å². The molecule has 3 aromatic carbocycles. The van der Waals surface area contributed by atoms with Gasteiger partial charge in [0.25, 0.3) is 10.1 Å². The second-order valence-electron chi connectivity index (χ2n) is 9.17. The lowest BCUT2D eigenvalue weighted by molar-refractivity contribution is 0.482. The highest BCUT2D eigenvalue weighted by Gasteiger charge is 2.21. The number of aromatic nitrogens is 4. The van der Waals surface area contributed by atoms with Gasteiger partial charge >= 0.3 is 0 Å². The van der Waals surface area contributed by atoms with Gasteiger partial charge in [-0.15, -0.1) is 0 Å². The monoisotopic (exact) mass is 554 g/mol. The van der Waals surface area contributed by atoms with Crippen molar-refractivity contribution >= 4 is 42.0 Å². The minimum absolute atomic E-state index is 0.132. The zero-order chi connectivity index (χ0) is 27.8. The molecule has 2 heterocycles. The largest absolute Gasteiger partial charge is 0.331 e. The third-order valence-electron chi connectivity index (χ3n) is 6.32. The number of sulfone groups is 1. The van der Waals surface area contributed by atoms with Crippen LogP contribution in [-0.4, -0.2) is 46.2 Å². The smallest absolute Gasteiger partial charge is 0.264 e. The van der Waals surface area contributed by atoms with Crippen LogP contribution < -0.4 is 0 Å². The molecule has 0 fully saturated rings. The van der Waals surface area contributed by atoms with Crippen molar-refractivity contribution in [1.82, 2.24) is 19.1 Å². The van der Waals surface area contributed by atoms with Gasteiger partial charge in [-0.1, -0.05) is 36.8 Å². The molecule has 11 heteroatoms. The average molecular weight is 555 g/mol. The third kappa shape index (κ3) is 5.50. The molecule has 0 aliphatic rings. The van der Waals surface area contributed by atoms with Crippen molar-refractivity contribution < 1.29 is 21.4 Å². The van der Waals surface area contributed by atoms with E-state index in [1.807, 2.05) is 61.3 Å². The van der Waals surface area contributed by atoms with Gasteiger partial charge in [-0.25, -0.2) is 18.4 Å². The lowest BCUT2D eigenvalue weighted by Crippen LogP contribution is -2.02. The summed E-state index contributed by atoms with van der Waals surface area (Å²) < 4.78 is 58.2. The van der Waals surface area contributed by atoms with Gasteiger partial charge in [-0.2, -0.15) is 8.42 Å². The van der Waals surface area contributed by atoms with Crippen LogP contribution in [-0.2, 0) is 34.1 Å². The number of benzene rings is 3. The number of fused-ring (bicyclic) bond motifs is 2. The SMILES string of the molecule is CCCS(=O)(=O)O.Cc1ccc(-c2nc3ccc(S(=O)(=O)c4ccc5c(c4)nc(C)n5C)cc3n2C)cc1. The predicted molar refractivity (Wildman–Crippen MR) is 148 cm³/mol. The zero-order valence-corrected chi connectivity index (χ0v) is 23.5. The van der Waals surface area contributed by atoms with Gasteiger partial charge in [-0.05, 0) is 56.7 Å². The summed E-state index contributed by atoms with van der Waals surface area (Å²) >= 11 is 0. The van der Waals surface area contributed by atoms with Crippen molar-refractivity contribution in [3.05, 3.63) is 72.1 Å². The Labute approximate surface area is 222 Å². The second kappa shape index (κ2) is 10.3. The Balaban J connectivity index is 0.000000426. The Hall–Kier alpha value is -3.54. The molecule has 0 unspecified atom stereocenters. The van der Waals surface area contributed by atoms with E-state index in [1.165, 1.54) is 5.56 Å². The van der Waals surface area contributed by atoms with Gasteiger partial charge in [0.1, 0.15) is 11.6 Å². The maximum Gasteiger partial charge on any atom is 0.264 e. The van der Waals surface area contributed by atoms with E-state index >= 15 is 0 Å². The molecular weight excluding hydrogens is 524 g/mol. The van der Waals surface area contributed by atoms with Crippen molar-refractivity contribution in [2.45, 2.75) is 37.0 Å². The Bertz CT molecular complexity index is 1850. The summed E-state index contributed by atoms with van der Waals surface area (Å²) in [7, 11) is -3.54. The number of imidazole rings is 2. The normalized spacial score (nSPS) is 12.1. The summed E-state index contributed by atoms with van der Waals surface area (Å²) in [6.07, 6.45) is 0.471. The Kier molecular flexibility index (Phi) is 7.46. The number of aryl methyl sites for hydroxylation is 4. The van der Waals surface area contributed by atoms with Crippen LogP contribution in [0.3, 0.4) is 0 Å². The highest BCUT2D eigenvalue weighted by atomic mass is 32.2. The molecule has 0 aliphatic carbocycles. The minimum Gasteiger partial charge on any atom is -0.331 e. The second-order valence-corrected chi connectivity index (χ2v) is 12.7. The molecule has 0 atom stereocenters.